The number of ether oxygens (including phenoxy) is 1. The van der Waals surface area contributed by atoms with Crippen LogP contribution in [0.25, 0.3) is 6.08 Å². The summed E-state index contributed by atoms with van der Waals surface area (Å²) in [5, 5.41) is 0. The Hall–Kier alpha value is -2.10. The van der Waals surface area contributed by atoms with Crippen molar-refractivity contribution in [1.82, 2.24) is 4.90 Å². The van der Waals surface area contributed by atoms with Gasteiger partial charge in [0.25, 0.3) is 0 Å². The monoisotopic (exact) mass is 449 g/mol. The predicted molar refractivity (Wildman–Crippen MR) is 131 cm³/mol. The Morgan fingerprint density at radius 3 is 2.55 bits per heavy atom. The van der Waals surface area contributed by atoms with E-state index in [1.54, 1.807) is 5.57 Å². The number of fused-ring (bicyclic) bond motifs is 5. The number of esters is 1. The molecule has 1 saturated heterocycles. The van der Waals surface area contributed by atoms with Gasteiger partial charge in [-0.2, -0.15) is 0 Å². The molecule has 0 spiro atoms. The summed E-state index contributed by atoms with van der Waals surface area (Å²) < 4.78 is 5.12. The van der Waals surface area contributed by atoms with Crippen LogP contribution in [0.5, 0.6) is 0 Å². The number of carbonyl (C=O) groups excluding carboxylic acids is 2. The van der Waals surface area contributed by atoms with Crippen LogP contribution >= 0.6 is 0 Å². The summed E-state index contributed by atoms with van der Waals surface area (Å²) in [4.78, 5) is 26.5. The van der Waals surface area contributed by atoms with Crippen LogP contribution in [0.2, 0.25) is 0 Å². The number of rotatable bonds is 3. The SMILES string of the molecule is CCOC(=O)c1ccc(C=C2CC[C@H]3[C@@H]4CCC5N(C)C(=O)CC[C@]5(C)[C@@H]4CC[C@]23C)cc1. The molecule has 4 heteroatoms. The summed E-state index contributed by atoms with van der Waals surface area (Å²) in [6, 6.07) is 8.32. The molecule has 0 N–H and O–H groups in total. The quantitative estimate of drug-likeness (QED) is 0.523. The van der Waals surface area contributed by atoms with E-state index in [-0.39, 0.29) is 16.8 Å². The summed E-state index contributed by atoms with van der Waals surface area (Å²) in [5.74, 6) is 2.37. The fraction of sp³-hybridized carbons (Fsp3) is 0.655. The van der Waals surface area contributed by atoms with E-state index < -0.39 is 0 Å². The van der Waals surface area contributed by atoms with Crippen molar-refractivity contribution in [2.45, 2.75) is 78.2 Å². The predicted octanol–water partition coefficient (Wildman–Crippen LogP) is 6.11. The Labute approximate surface area is 198 Å². The van der Waals surface area contributed by atoms with Gasteiger partial charge >= 0.3 is 5.97 Å². The fourth-order valence-electron chi connectivity index (χ4n) is 8.37. The summed E-state index contributed by atoms with van der Waals surface area (Å²) in [6.07, 6.45) is 11.6. The van der Waals surface area contributed by atoms with Gasteiger partial charge in [-0.15, -0.1) is 0 Å². The molecule has 1 aromatic carbocycles. The summed E-state index contributed by atoms with van der Waals surface area (Å²) >= 11 is 0. The van der Waals surface area contributed by atoms with Crippen LogP contribution in [0.4, 0.5) is 0 Å². The molecule has 0 aromatic heterocycles. The first kappa shape index (κ1) is 22.7. The lowest BCUT2D eigenvalue weighted by Crippen LogP contribution is -2.61. The molecule has 3 saturated carbocycles. The molecular formula is C29H39NO3. The van der Waals surface area contributed by atoms with Crippen molar-refractivity contribution >= 4 is 18.0 Å². The fourth-order valence-corrected chi connectivity index (χ4v) is 8.37. The third-order valence-electron chi connectivity index (χ3n) is 10.2. The zero-order valence-electron chi connectivity index (χ0n) is 20.7. The molecular weight excluding hydrogens is 410 g/mol. The molecule has 1 aromatic rings. The average molecular weight is 450 g/mol. The number of likely N-dealkylation sites (tertiary alicyclic amines) is 1. The molecule has 6 atom stereocenters. The second-order valence-corrected chi connectivity index (χ2v) is 11.5. The van der Waals surface area contributed by atoms with E-state index in [0.29, 0.717) is 24.1 Å². The summed E-state index contributed by atoms with van der Waals surface area (Å²) in [5.41, 5.74) is 3.96. The molecule has 178 valence electrons. The zero-order valence-corrected chi connectivity index (χ0v) is 20.7. The van der Waals surface area contributed by atoms with Crippen LogP contribution in [0.3, 0.4) is 0 Å². The Morgan fingerprint density at radius 1 is 1.06 bits per heavy atom. The first-order valence-electron chi connectivity index (χ1n) is 13.0. The standard InChI is InChI=1S/C29H39NO3/c1-5-33-27(32)20-8-6-19(7-9-20)18-21-10-12-23-22-11-13-25-29(3,17-15-26(31)30(25)4)24(22)14-16-28(21,23)2/h6-9,18,22-25H,5,10-17H2,1-4H3/t22-,23-,24+,25?,28+,29+/m0/s1. The number of piperidine rings is 1. The van der Waals surface area contributed by atoms with E-state index >= 15 is 0 Å². The summed E-state index contributed by atoms with van der Waals surface area (Å²) in [7, 11) is 2.04. The number of hydrogen-bond donors (Lipinski definition) is 0. The van der Waals surface area contributed by atoms with E-state index in [4.69, 9.17) is 4.74 Å². The maximum atomic E-state index is 12.4. The van der Waals surface area contributed by atoms with Crippen molar-refractivity contribution in [2.24, 2.45) is 28.6 Å². The highest BCUT2D eigenvalue weighted by Crippen LogP contribution is 2.66. The van der Waals surface area contributed by atoms with Crippen LogP contribution < -0.4 is 0 Å². The first-order chi connectivity index (χ1) is 15.8. The first-order valence-corrected chi connectivity index (χ1v) is 13.0. The largest absolute Gasteiger partial charge is 0.462 e. The van der Waals surface area contributed by atoms with Gasteiger partial charge in [-0.3, -0.25) is 4.79 Å². The minimum atomic E-state index is -0.248. The molecule has 4 nitrogen and oxygen atoms in total. The minimum Gasteiger partial charge on any atom is -0.462 e. The van der Waals surface area contributed by atoms with Crippen molar-refractivity contribution in [1.29, 1.82) is 0 Å². The molecule has 4 aliphatic rings. The van der Waals surface area contributed by atoms with Gasteiger partial charge in [0.1, 0.15) is 0 Å². The van der Waals surface area contributed by atoms with Crippen molar-refractivity contribution in [3.8, 4) is 0 Å². The maximum Gasteiger partial charge on any atom is 0.338 e. The second-order valence-electron chi connectivity index (χ2n) is 11.5. The molecule has 1 amide bonds. The Balaban J connectivity index is 1.37. The van der Waals surface area contributed by atoms with Crippen molar-refractivity contribution < 1.29 is 14.3 Å². The third-order valence-corrected chi connectivity index (χ3v) is 10.2. The lowest BCUT2D eigenvalue weighted by atomic mass is 9.47. The van der Waals surface area contributed by atoms with Crippen LogP contribution in [0, 0.1) is 28.6 Å². The molecule has 1 heterocycles. The lowest BCUT2D eigenvalue weighted by molar-refractivity contribution is -0.156. The van der Waals surface area contributed by atoms with E-state index in [1.807, 2.05) is 26.1 Å². The third kappa shape index (κ3) is 3.56. The average Bonchev–Trinajstić information content (AvgIpc) is 3.13. The van der Waals surface area contributed by atoms with Gasteiger partial charge in [0.05, 0.1) is 12.2 Å². The highest BCUT2D eigenvalue weighted by Gasteiger charge is 2.60. The Morgan fingerprint density at radius 2 is 1.82 bits per heavy atom. The van der Waals surface area contributed by atoms with Gasteiger partial charge in [0, 0.05) is 19.5 Å². The second kappa shape index (κ2) is 8.29. The van der Waals surface area contributed by atoms with Crippen LogP contribution in [0.1, 0.15) is 88.1 Å². The number of amides is 1. The van der Waals surface area contributed by atoms with E-state index in [9.17, 15) is 9.59 Å². The molecule has 3 aliphatic carbocycles. The van der Waals surface area contributed by atoms with Gasteiger partial charge in [0.2, 0.25) is 5.91 Å². The topological polar surface area (TPSA) is 46.6 Å². The number of hydrogen-bond acceptors (Lipinski definition) is 3. The van der Waals surface area contributed by atoms with Crippen LogP contribution in [-0.2, 0) is 9.53 Å². The van der Waals surface area contributed by atoms with Crippen molar-refractivity contribution in [3.05, 3.63) is 41.0 Å². The number of benzene rings is 1. The molecule has 0 radical (unpaired) electrons. The van der Waals surface area contributed by atoms with Gasteiger partial charge in [-0.1, -0.05) is 37.6 Å². The van der Waals surface area contributed by atoms with E-state index in [2.05, 4.69) is 37.0 Å². The van der Waals surface area contributed by atoms with Crippen LogP contribution in [0.15, 0.2) is 29.8 Å². The Bertz CT molecular complexity index is 966. The molecule has 1 unspecified atom stereocenters. The molecule has 0 bridgehead atoms. The van der Waals surface area contributed by atoms with E-state index in [1.165, 1.54) is 44.1 Å². The molecule has 33 heavy (non-hydrogen) atoms. The molecule has 4 fully saturated rings. The summed E-state index contributed by atoms with van der Waals surface area (Å²) in [6.45, 7) is 7.25. The number of allylic oxidation sites excluding steroid dienone is 1. The van der Waals surface area contributed by atoms with E-state index in [0.717, 1.165) is 30.6 Å². The van der Waals surface area contributed by atoms with Crippen molar-refractivity contribution in [2.75, 3.05) is 13.7 Å². The molecule has 5 rings (SSSR count). The van der Waals surface area contributed by atoms with Crippen molar-refractivity contribution in [3.63, 3.8) is 0 Å². The normalized spacial score (nSPS) is 39.1. The number of nitrogens with zero attached hydrogens (tertiary/aromatic N) is 1. The minimum absolute atomic E-state index is 0.248. The number of carbonyl (C=O) groups is 2. The molecule has 1 aliphatic heterocycles. The highest BCUT2D eigenvalue weighted by molar-refractivity contribution is 5.89. The van der Waals surface area contributed by atoms with Gasteiger partial charge < -0.3 is 9.64 Å². The van der Waals surface area contributed by atoms with Crippen LogP contribution in [-0.4, -0.2) is 36.5 Å². The Kier molecular flexibility index (Phi) is 5.69. The van der Waals surface area contributed by atoms with Gasteiger partial charge in [-0.05, 0) is 98.1 Å². The highest BCUT2D eigenvalue weighted by atomic mass is 16.5. The zero-order chi connectivity index (χ0) is 23.4. The lowest BCUT2D eigenvalue weighted by Gasteiger charge is -2.61. The smallest absolute Gasteiger partial charge is 0.338 e. The maximum absolute atomic E-state index is 12.4. The van der Waals surface area contributed by atoms with Gasteiger partial charge in [0.15, 0.2) is 0 Å². The van der Waals surface area contributed by atoms with Gasteiger partial charge in [-0.25, -0.2) is 4.79 Å².